The number of hydrogen-bond acceptors (Lipinski definition) is 3. The number of fused-ring (bicyclic) bond motifs is 2. The maximum Gasteiger partial charge on any atom is 0.318 e. The van der Waals surface area contributed by atoms with Gasteiger partial charge in [0.1, 0.15) is 0 Å². The number of Topliss-reactive ketones (excluding diaryl/α,β-unsaturated/α-hetero) is 1. The second-order valence-electron chi connectivity index (χ2n) is 6.62. The molecule has 1 unspecified atom stereocenters. The number of benzene rings is 1. The van der Waals surface area contributed by atoms with Crippen LogP contribution < -0.4 is 5.32 Å². The Hall–Kier alpha value is -3.54. The molecule has 1 aliphatic heterocycles. The van der Waals surface area contributed by atoms with Gasteiger partial charge in [-0.05, 0) is 32.1 Å². The van der Waals surface area contributed by atoms with E-state index in [1.165, 1.54) is 6.20 Å². The molecule has 134 valence electrons. The van der Waals surface area contributed by atoms with Gasteiger partial charge in [0.05, 0.1) is 11.3 Å². The van der Waals surface area contributed by atoms with Crippen LogP contribution in [0.25, 0.3) is 10.9 Å². The predicted molar refractivity (Wildman–Crippen MR) is 102 cm³/mol. The lowest BCUT2D eigenvalue weighted by Gasteiger charge is -2.28. The number of aliphatic imine (C=N–C) groups is 1. The number of amides is 2. The van der Waals surface area contributed by atoms with Gasteiger partial charge in [-0.3, -0.25) is 14.4 Å². The van der Waals surface area contributed by atoms with E-state index in [-0.39, 0.29) is 11.8 Å². The zero-order valence-electron chi connectivity index (χ0n) is 14.9. The van der Waals surface area contributed by atoms with Crippen molar-refractivity contribution in [2.75, 3.05) is 0 Å². The number of hydrogen-bond donors (Lipinski definition) is 2. The van der Waals surface area contributed by atoms with Crippen LogP contribution in [0.15, 0.2) is 70.5 Å². The first-order valence-corrected chi connectivity index (χ1v) is 8.57. The third-order valence-corrected chi connectivity index (χ3v) is 5.01. The third kappa shape index (κ3) is 2.85. The Kier molecular flexibility index (Phi) is 3.96. The first-order chi connectivity index (χ1) is 13.0. The van der Waals surface area contributed by atoms with Gasteiger partial charge in [-0.15, -0.1) is 0 Å². The number of aromatic nitrogens is 1. The number of H-pyrrole nitrogens is 1. The lowest BCUT2D eigenvalue weighted by Crippen LogP contribution is -2.35. The van der Waals surface area contributed by atoms with E-state index in [2.05, 4.69) is 15.3 Å². The van der Waals surface area contributed by atoms with Crippen LogP contribution in [0.4, 0.5) is 0 Å². The average molecular weight is 359 g/mol. The Morgan fingerprint density at radius 1 is 1.15 bits per heavy atom. The van der Waals surface area contributed by atoms with Crippen LogP contribution >= 0.6 is 0 Å². The summed E-state index contributed by atoms with van der Waals surface area (Å²) in [5, 5.41) is 3.50. The molecule has 0 bridgehead atoms. The molecule has 6 nitrogen and oxygen atoms in total. The Balaban J connectivity index is 1.62. The molecule has 0 saturated heterocycles. The lowest BCUT2D eigenvalue weighted by atomic mass is 9.85. The zero-order chi connectivity index (χ0) is 19.1. The molecule has 1 aliphatic carbocycles. The molecule has 2 aromatic rings. The van der Waals surface area contributed by atoms with Gasteiger partial charge in [0, 0.05) is 34.3 Å². The minimum absolute atomic E-state index is 0.0407. The topological polar surface area (TPSA) is 91.4 Å². The fourth-order valence-electron chi connectivity index (χ4n) is 3.34. The van der Waals surface area contributed by atoms with Crippen LogP contribution in [0, 0.1) is 5.92 Å². The Morgan fingerprint density at radius 2 is 1.93 bits per heavy atom. The van der Waals surface area contributed by atoms with Crippen molar-refractivity contribution >= 4 is 34.2 Å². The SMILES string of the molecule is CC1=C(C)C2C=CC(=NC(=O)C(=O)c3c[nH]c4ccccc34)C=C2NC1=O. The minimum Gasteiger partial charge on any atom is -0.360 e. The number of carbonyl (C=O) groups excluding carboxylic acids is 3. The van der Waals surface area contributed by atoms with Crippen molar-refractivity contribution in [2.45, 2.75) is 13.8 Å². The van der Waals surface area contributed by atoms with E-state index in [1.807, 2.05) is 25.1 Å². The molecule has 2 amide bonds. The van der Waals surface area contributed by atoms with E-state index in [1.54, 1.807) is 31.2 Å². The molecule has 0 fully saturated rings. The van der Waals surface area contributed by atoms with Crippen LogP contribution in [0.3, 0.4) is 0 Å². The summed E-state index contributed by atoms with van der Waals surface area (Å²) in [7, 11) is 0. The average Bonchev–Trinajstić information content (AvgIpc) is 3.09. The second-order valence-corrected chi connectivity index (χ2v) is 6.62. The van der Waals surface area contributed by atoms with Crippen molar-refractivity contribution in [3.8, 4) is 0 Å². The number of nitrogens with one attached hydrogen (secondary N) is 2. The van der Waals surface area contributed by atoms with Gasteiger partial charge in [-0.2, -0.15) is 0 Å². The molecule has 2 N–H and O–H groups in total. The number of ketones is 1. The summed E-state index contributed by atoms with van der Waals surface area (Å²) in [6.45, 7) is 3.69. The van der Waals surface area contributed by atoms with Gasteiger partial charge in [-0.1, -0.05) is 29.8 Å². The standard InChI is InChI=1S/C21H17N3O3/c1-11-12(2)20(26)24-18-9-13(7-8-14(11)18)23-21(27)19(25)16-10-22-17-6-4-3-5-15(16)17/h3-10,14,22H,1-2H3,(H,24,26). The summed E-state index contributed by atoms with van der Waals surface area (Å²) >= 11 is 0. The van der Waals surface area contributed by atoms with E-state index in [4.69, 9.17) is 0 Å². The maximum absolute atomic E-state index is 12.5. The number of nitrogens with zero attached hydrogens (tertiary/aromatic N) is 1. The van der Waals surface area contributed by atoms with E-state index < -0.39 is 11.7 Å². The summed E-state index contributed by atoms with van der Waals surface area (Å²) in [5.74, 6) is -1.72. The highest BCUT2D eigenvalue weighted by atomic mass is 16.2. The third-order valence-electron chi connectivity index (χ3n) is 5.01. The molecule has 2 aliphatic rings. The Labute approximate surface area is 155 Å². The van der Waals surface area contributed by atoms with Crippen LogP contribution in [-0.2, 0) is 9.59 Å². The number of rotatable bonds is 2. The molecule has 2 heterocycles. The first-order valence-electron chi connectivity index (χ1n) is 8.57. The molecule has 1 aromatic heterocycles. The van der Waals surface area contributed by atoms with E-state index >= 15 is 0 Å². The van der Waals surface area contributed by atoms with E-state index in [0.717, 1.165) is 11.1 Å². The summed E-state index contributed by atoms with van der Waals surface area (Å²) in [6, 6.07) is 7.27. The number of para-hydroxylation sites is 1. The largest absolute Gasteiger partial charge is 0.360 e. The predicted octanol–water partition coefficient (Wildman–Crippen LogP) is 2.85. The normalized spacial score (nSPS) is 20.5. The van der Waals surface area contributed by atoms with Crippen LogP contribution in [0.2, 0.25) is 0 Å². The highest BCUT2D eigenvalue weighted by Crippen LogP contribution is 2.29. The molecular weight excluding hydrogens is 342 g/mol. The monoisotopic (exact) mass is 359 g/mol. The van der Waals surface area contributed by atoms with Crippen molar-refractivity contribution in [3.05, 3.63) is 71.1 Å². The van der Waals surface area contributed by atoms with Crippen molar-refractivity contribution < 1.29 is 14.4 Å². The smallest absolute Gasteiger partial charge is 0.318 e. The van der Waals surface area contributed by atoms with Gasteiger partial charge < -0.3 is 10.3 Å². The fourth-order valence-corrected chi connectivity index (χ4v) is 3.34. The van der Waals surface area contributed by atoms with Gasteiger partial charge in [0.25, 0.3) is 11.7 Å². The summed E-state index contributed by atoms with van der Waals surface area (Å²) in [6.07, 6.45) is 6.73. The zero-order valence-corrected chi connectivity index (χ0v) is 14.9. The van der Waals surface area contributed by atoms with Gasteiger partial charge >= 0.3 is 5.91 Å². The minimum atomic E-state index is -0.847. The second kappa shape index (κ2) is 6.32. The summed E-state index contributed by atoms with van der Waals surface area (Å²) in [4.78, 5) is 43.8. The fraction of sp³-hybridized carbons (Fsp3) is 0.143. The summed E-state index contributed by atoms with van der Waals surface area (Å²) < 4.78 is 0. The number of carbonyl (C=O) groups is 3. The molecule has 4 rings (SSSR count). The quantitative estimate of drug-likeness (QED) is 0.638. The van der Waals surface area contributed by atoms with Crippen LogP contribution in [-0.4, -0.2) is 28.3 Å². The molecule has 0 spiro atoms. The van der Waals surface area contributed by atoms with Crippen molar-refractivity contribution in [1.29, 1.82) is 0 Å². The Morgan fingerprint density at radius 3 is 2.74 bits per heavy atom. The molecular formula is C21H17N3O3. The summed E-state index contributed by atoms with van der Waals surface area (Å²) in [5.41, 5.74) is 3.73. The van der Waals surface area contributed by atoms with Crippen molar-refractivity contribution in [1.82, 2.24) is 10.3 Å². The van der Waals surface area contributed by atoms with Crippen LogP contribution in [0.1, 0.15) is 24.2 Å². The molecule has 1 atom stereocenters. The molecule has 0 saturated carbocycles. The van der Waals surface area contributed by atoms with E-state index in [9.17, 15) is 14.4 Å². The highest BCUT2D eigenvalue weighted by Gasteiger charge is 2.28. The van der Waals surface area contributed by atoms with Crippen molar-refractivity contribution in [3.63, 3.8) is 0 Å². The first kappa shape index (κ1) is 16.9. The van der Waals surface area contributed by atoms with E-state index in [0.29, 0.717) is 27.9 Å². The Bertz CT molecular complexity index is 1130. The van der Waals surface area contributed by atoms with Gasteiger partial charge in [0.15, 0.2) is 0 Å². The number of aromatic amines is 1. The lowest BCUT2D eigenvalue weighted by molar-refractivity contribution is -0.117. The number of allylic oxidation sites excluding steroid dienone is 3. The van der Waals surface area contributed by atoms with Gasteiger partial charge in [-0.25, -0.2) is 4.99 Å². The van der Waals surface area contributed by atoms with Crippen molar-refractivity contribution in [2.24, 2.45) is 10.9 Å². The molecule has 1 aromatic carbocycles. The molecule has 6 heteroatoms. The van der Waals surface area contributed by atoms with Gasteiger partial charge in [0.2, 0.25) is 0 Å². The molecule has 0 radical (unpaired) electrons. The van der Waals surface area contributed by atoms with Crippen LogP contribution in [0.5, 0.6) is 0 Å². The molecule has 27 heavy (non-hydrogen) atoms. The maximum atomic E-state index is 12.5. The highest BCUT2D eigenvalue weighted by molar-refractivity contribution is 6.46.